The van der Waals surface area contributed by atoms with E-state index in [0.717, 1.165) is 47.3 Å². The van der Waals surface area contributed by atoms with Crippen LogP contribution in [0.25, 0.3) is 22.5 Å². The molecule has 0 radical (unpaired) electrons. The molecule has 0 saturated carbocycles. The van der Waals surface area contributed by atoms with Gasteiger partial charge in [-0.25, -0.2) is 10.1 Å². The van der Waals surface area contributed by atoms with Crippen LogP contribution in [0.3, 0.4) is 0 Å². The van der Waals surface area contributed by atoms with Crippen LogP contribution in [-0.4, -0.2) is 35.3 Å². The van der Waals surface area contributed by atoms with Crippen molar-refractivity contribution in [1.82, 2.24) is 30.2 Å². The number of rotatable bonds is 8. The number of aryl methyl sites for hydroxylation is 1. The van der Waals surface area contributed by atoms with Gasteiger partial charge in [-0.3, -0.25) is 0 Å². The number of nitrogens with one attached hydrogen (secondary N) is 1. The first-order valence-electron chi connectivity index (χ1n) is 9.98. The third-order valence-corrected chi connectivity index (χ3v) is 5.42. The molecule has 0 atom stereocenters. The fourth-order valence-electron chi connectivity index (χ4n) is 3.60. The highest BCUT2D eigenvalue weighted by Crippen LogP contribution is 2.30. The van der Waals surface area contributed by atoms with Crippen molar-refractivity contribution in [2.24, 2.45) is 0 Å². The molecule has 2 heterocycles. The molecule has 2 N–H and O–H groups in total. The maximum atomic E-state index is 9.82. The van der Waals surface area contributed by atoms with Gasteiger partial charge in [-0.2, -0.15) is 0 Å². The van der Waals surface area contributed by atoms with E-state index in [1.165, 1.54) is 0 Å². The maximum Gasteiger partial charge on any atom is 0.180 e. The summed E-state index contributed by atoms with van der Waals surface area (Å²) in [6.45, 7) is 2.60. The molecule has 4 rings (SSSR count). The molecular weight excluding hydrogens is 400 g/mol. The average molecular weight is 423 g/mol. The van der Waals surface area contributed by atoms with E-state index in [9.17, 15) is 5.11 Å². The minimum Gasteiger partial charge on any atom is -0.390 e. The number of tetrazole rings is 1. The molecule has 8 heteroatoms. The summed E-state index contributed by atoms with van der Waals surface area (Å²) in [5.41, 5.74) is 4.78. The van der Waals surface area contributed by atoms with Crippen LogP contribution in [0.1, 0.15) is 36.8 Å². The quantitative estimate of drug-likeness (QED) is 0.442. The lowest BCUT2D eigenvalue weighted by Gasteiger charge is -2.13. The summed E-state index contributed by atoms with van der Waals surface area (Å²) in [6, 6.07) is 16.3. The Kier molecular flexibility index (Phi) is 6.21. The van der Waals surface area contributed by atoms with Crippen molar-refractivity contribution >= 4 is 11.6 Å². The van der Waals surface area contributed by atoms with Gasteiger partial charge in [0, 0.05) is 18.5 Å². The second kappa shape index (κ2) is 9.19. The molecule has 0 spiro atoms. The van der Waals surface area contributed by atoms with Crippen LogP contribution in [0.5, 0.6) is 0 Å². The predicted octanol–water partition coefficient (Wildman–Crippen LogP) is 4.27. The van der Waals surface area contributed by atoms with Gasteiger partial charge in [0.25, 0.3) is 0 Å². The van der Waals surface area contributed by atoms with Gasteiger partial charge in [-0.05, 0) is 39.6 Å². The number of imidazole rings is 1. The molecule has 2 aromatic heterocycles. The molecule has 0 aliphatic carbocycles. The van der Waals surface area contributed by atoms with E-state index in [2.05, 4.69) is 56.8 Å². The Hall–Kier alpha value is -3.03. The monoisotopic (exact) mass is 422 g/mol. The zero-order valence-corrected chi connectivity index (χ0v) is 17.5. The van der Waals surface area contributed by atoms with Gasteiger partial charge in [0.05, 0.1) is 12.3 Å². The highest BCUT2D eigenvalue weighted by Gasteiger charge is 2.16. The fourth-order valence-corrected chi connectivity index (χ4v) is 3.86. The topological polar surface area (TPSA) is 92.5 Å². The van der Waals surface area contributed by atoms with Crippen LogP contribution in [0.2, 0.25) is 5.15 Å². The third kappa shape index (κ3) is 4.13. The van der Waals surface area contributed by atoms with Crippen molar-refractivity contribution in [2.45, 2.75) is 39.3 Å². The standard InChI is InChI=1S/C22H23ClN6O/c1-2-3-11-20-24-21(23)19(14-30)29(20)13-15-7-6-8-16(12-15)17-9-4-5-10-18(17)22-25-27-28-26-22/h4-10,12,30H,2-3,11,13-14H2,1H3,(H,25,26,27,28). The largest absolute Gasteiger partial charge is 0.390 e. The van der Waals surface area contributed by atoms with Gasteiger partial charge >= 0.3 is 0 Å². The lowest BCUT2D eigenvalue weighted by atomic mass is 9.97. The van der Waals surface area contributed by atoms with E-state index in [0.29, 0.717) is 23.2 Å². The van der Waals surface area contributed by atoms with Crippen LogP contribution in [0, 0.1) is 0 Å². The minimum atomic E-state index is -0.140. The van der Waals surface area contributed by atoms with Crippen molar-refractivity contribution in [1.29, 1.82) is 0 Å². The first-order chi connectivity index (χ1) is 14.7. The summed E-state index contributed by atoms with van der Waals surface area (Å²) in [4.78, 5) is 4.49. The lowest BCUT2D eigenvalue weighted by Crippen LogP contribution is -2.09. The summed E-state index contributed by atoms with van der Waals surface area (Å²) >= 11 is 6.29. The van der Waals surface area contributed by atoms with E-state index in [1.807, 2.05) is 28.8 Å². The first kappa shape index (κ1) is 20.3. The molecule has 2 aromatic carbocycles. The predicted molar refractivity (Wildman–Crippen MR) is 116 cm³/mol. The van der Waals surface area contributed by atoms with Crippen LogP contribution in [0.4, 0.5) is 0 Å². The van der Waals surface area contributed by atoms with Gasteiger partial charge in [0.1, 0.15) is 5.82 Å². The molecule has 4 aromatic rings. The maximum absolute atomic E-state index is 9.82. The molecule has 154 valence electrons. The molecule has 7 nitrogen and oxygen atoms in total. The van der Waals surface area contributed by atoms with Gasteiger partial charge in [0.15, 0.2) is 11.0 Å². The summed E-state index contributed by atoms with van der Waals surface area (Å²) in [5, 5.41) is 24.5. The molecule has 0 amide bonds. The number of halogens is 1. The van der Waals surface area contributed by atoms with E-state index in [1.54, 1.807) is 0 Å². The summed E-state index contributed by atoms with van der Waals surface area (Å²) in [5.74, 6) is 1.53. The van der Waals surface area contributed by atoms with Crippen molar-refractivity contribution in [3.05, 3.63) is 70.8 Å². The van der Waals surface area contributed by atoms with Crippen molar-refractivity contribution < 1.29 is 5.11 Å². The highest BCUT2D eigenvalue weighted by molar-refractivity contribution is 6.30. The van der Waals surface area contributed by atoms with Crippen molar-refractivity contribution in [2.75, 3.05) is 0 Å². The zero-order valence-electron chi connectivity index (χ0n) is 16.7. The second-order valence-electron chi connectivity index (χ2n) is 7.11. The minimum absolute atomic E-state index is 0.140. The Morgan fingerprint density at radius 2 is 1.93 bits per heavy atom. The molecule has 0 aliphatic rings. The number of H-pyrrole nitrogens is 1. The average Bonchev–Trinajstić information content (AvgIpc) is 3.41. The Bertz CT molecular complexity index is 1120. The highest BCUT2D eigenvalue weighted by atomic mass is 35.5. The first-order valence-corrected chi connectivity index (χ1v) is 10.4. The van der Waals surface area contributed by atoms with Crippen LogP contribution >= 0.6 is 11.6 Å². The number of aliphatic hydroxyl groups excluding tert-OH is 1. The van der Waals surface area contributed by atoms with Crippen molar-refractivity contribution in [3.8, 4) is 22.5 Å². The number of benzene rings is 2. The summed E-state index contributed by atoms with van der Waals surface area (Å²) in [7, 11) is 0. The second-order valence-corrected chi connectivity index (χ2v) is 7.47. The van der Waals surface area contributed by atoms with Crippen LogP contribution < -0.4 is 0 Å². The summed E-state index contributed by atoms with van der Waals surface area (Å²) in [6.07, 6.45) is 2.93. The van der Waals surface area contributed by atoms with E-state index >= 15 is 0 Å². The Labute approximate surface area is 179 Å². The number of hydrogen-bond acceptors (Lipinski definition) is 5. The molecule has 0 fully saturated rings. The Morgan fingerprint density at radius 3 is 2.67 bits per heavy atom. The SMILES string of the molecule is CCCCc1nc(Cl)c(CO)n1Cc1cccc(-c2ccccc2-c2nnn[nH]2)c1. The molecule has 0 saturated heterocycles. The number of aromatic nitrogens is 6. The molecule has 0 unspecified atom stereocenters. The molecule has 30 heavy (non-hydrogen) atoms. The Balaban J connectivity index is 1.70. The molecular formula is C22H23ClN6O. The number of aromatic amines is 1. The third-order valence-electron chi connectivity index (χ3n) is 5.11. The van der Waals surface area contributed by atoms with Gasteiger partial charge in [-0.1, -0.05) is 67.4 Å². The number of aliphatic hydroxyl groups is 1. The fraction of sp³-hybridized carbons (Fsp3) is 0.273. The van der Waals surface area contributed by atoms with E-state index in [-0.39, 0.29) is 6.61 Å². The van der Waals surface area contributed by atoms with Gasteiger partial charge in [0.2, 0.25) is 0 Å². The van der Waals surface area contributed by atoms with E-state index < -0.39 is 0 Å². The zero-order chi connectivity index (χ0) is 20.9. The van der Waals surface area contributed by atoms with Crippen LogP contribution in [-0.2, 0) is 19.6 Å². The van der Waals surface area contributed by atoms with Crippen molar-refractivity contribution in [3.63, 3.8) is 0 Å². The number of hydrogen-bond donors (Lipinski definition) is 2. The Morgan fingerprint density at radius 1 is 1.10 bits per heavy atom. The normalized spacial score (nSPS) is 11.2. The molecule has 0 aliphatic heterocycles. The lowest BCUT2D eigenvalue weighted by molar-refractivity contribution is 0.271. The number of nitrogens with zero attached hydrogens (tertiary/aromatic N) is 5. The van der Waals surface area contributed by atoms with E-state index in [4.69, 9.17) is 11.6 Å². The van der Waals surface area contributed by atoms with Gasteiger partial charge < -0.3 is 9.67 Å². The molecule has 0 bridgehead atoms. The van der Waals surface area contributed by atoms with Gasteiger partial charge in [-0.15, -0.1) is 5.10 Å². The van der Waals surface area contributed by atoms with Crippen LogP contribution in [0.15, 0.2) is 48.5 Å². The number of unbranched alkanes of at least 4 members (excludes halogenated alkanes) is 1. The summed E-state index contributed by atoms with van der Waals surface area (Å²) < 4.78 is 2.03. The smallest absolute Gasteiger partial charge is 0.180 e.